The fourth-order valence-corrected chi connectivity index (χ4v) is 9.28. The summed E-state index contributed by atoms with van der Waals surface area (Å²) in [6.45, 7) is 8.31. The van der Waals surface area contributed by atoms with Crippen molar-refractivity contribution in [3.63, 3.8) is 0 Å². The summed E-state index contributed by atoms with van der Waals surface area (Å²) in [5, 5.41) is 0. The summed E-state index contributed by atoms with van der Waals surface area (Å²) in [7, 11) is -4.36. The van der Waals surface area contributed by atoms with Crippen LogP contribution in [0.3, 0.4) is 0 Å². The summed E-state index contributed by atoms with van der Waals surface area (Å²) in [5.74, 6) is 0.293. The molecule has 3 aromatic carbocycles. The molecule has 2 aliphatic rings. The van der Waals surface area contributed by atoms with Crippen LogP contribution in [0.25, 0.3) is 0 Å². The van der Waals surface area contributed by atoms with E-state index < -0.39 is 21.3 Å². The molecule has 0 radical (unpaired) electrons. The van der Waals surface area contributed by atoms with E-state index >= 15 is 0 Å². The highest BCUT2D eigenvalue weighted by Gasteiger charge is 2.64. The Kier molecular flexibility index (Phi) is 8.03. The SMILES string of the molecule is CC(C)c1ccc([S+](c2ccccc2)c2ccccc2)cc1.CC1(C)C2CCC1(CS(=O)(=O)[O-])C(=O)C2. The summed E-state index contributed by atoms with van der Waals surface area (Å²) >= 11 is 0. The highest BCUT2D eigenvalue weighted by atomic mass is 32.2. The van der Waals surface area contributed by atoms with Gasteiger partial charge >= 0.3 is 0 Å². The minimum Gasteiger partial charge on any atom is -0.748 e. The van der Waals surface area contributed by atoms with Gasteiger partial charge in [0.25, 0.3) is 0 Å². The molecule has 2 aliphatic carbocycles. The van der Waals surface area contributed by atoms with Crippen molar-refractivity contribution in [3.8, 4) is 0 Å². The van der Waals surface area contributed by atoms with Crippen LogP contribution in [0.4, 0.5) is 0 Å². The first-order chi connectivity index (χ1) is 17.4. The van der Waals surface area contributed by atoms with Gasteiger partial charge in [-0.2, -0.15) is 0 Å². The number of fused-ring (bicyclic) bond motifs is 2. The Balaban J connectivity index is 0.000000186. The second kappa shape index (κ2) is 10.8. The molecular formula is C31H36O4S2. The first kappa shape index (κ1) is 27.6. The van der Waals surface area contributed by atoms with Crippen LogP contribution in [-0.4, -0.2) is 24.5 Å². The molecule has 3 aromatic rings. The van der Waals surface area contributed by atoms with E-state index in [1.54, 1.807) is 0 Å². The van der Waals surface area contributed by atoms with Gasteiger partial charge < -0.3 is 4.55 Å². The molecule has 0 N–H and O–H groups in total. The van der Waals surface area contributed by atoms with Crippen molar-refractivity contribution in [3.05, 3.63) is 90.5 Å². The van der Waals surface area contributed by atoms with Crippen LogP contribution in [0.1, 0.15) is 58.4 Å². The van der Waals surface area contributed by atoms with Crippen molar-refractivity contribution in [2.24, 2.45) is 16.7 Å². The van der Waals surface area contributed by atoms with E-state index in [9.17, 15) is 17.8 Å². The van der Waals surface area contributed by atoms with Crippen LogP contribution in [0.2, 0.25) is 0 Å². The second-order valence-electron chi connectivity index (χ2n) is 11.0. The molecule has 0 aromatic heterocycles. The number of Topliss-reactive ketones (excluding diaryl/α,β-unsaturated/α-hetero) is 1. The van der Waals surface area contributed by atoms with Gasteiger partial charge in [-0.1, -0.05) is 76.2 Å². The molecule has 0 amide bonds. The van der Waals surface area contributed by atoms with Crippen LogP contribution < -0.4 is 0 Å². The molecule has 0 spiro atoms. The Morgan fingerprint density at radius 3 is 1.73 bits per heavy atom. The maximum absolute atomic E-state index is 11.8. The lowest BCUT2D eigenvalue weighted by Crippen LogP contribution is -2.42. The molecule has 2 atom stereocenters. The number of benzene rings is 3. The molecule has 37 heavy (non-hydrogen) atoms. The predicted molar refractivity (Wildman–Crippen MR) is 149 cm³/mol. The molecule has 0 aliphatic heterocycles. The van der Waals surface area contributed by atoms with Crippen LogP contribution >= 0.6 is 0 Å². The third-order valence-electron chi connectivity index (χ3n) is 8.30. The molecule has 2 saturated carbocycles. The highest BCUT2D eigenvalue weighted by Crippen LogP contribution is 2.64. The van der Waals surface area contributed by atoms with Gasteiger partial charge in [0.15, 0.2) is 14.7 Å². The van der Waals surface area contributed by atoms with Crippen molar-refractivity contribution in [2.75, 3.05) is 5.75 Å². The molecule has 196 valence electrons. The van der Waals surface area contributed by atoms with Crippen molar-refractivity contribution < 1.29 is 17.8 Å². The Hall–Kier alpha value is -2.41. The van der Waals surface area contributed by atoms with Crippen LogP contribution in [0.15, 0.2) is 99.6 Å². The van der Waals surface area contributed by atoms with Crippen molar-refractivity contribution >= 4 is 26.8 Å². The molecule has 2 fully saturated rings. The smallest absolute Gasteiger partial charge is 0.166 e. The fourth-order valence-electron chi connectivity index (χ4n) is 5.92. The highest BCUT2D eigenvalue weighted by molar-refractivity contribution is 7.97. The number of rotatable bonds is 6. The molecule has 2 bridgehead atoms. The van der Waals surface area contributed by atoms with Crippen molar-refractivity contribution in [2.45, 2.75) is 67.6 Å². The van der Waals surface area contributed by atoms with Gasteiger partial charge in [-0.25, -0.2) is 8.42 Å². The van der Waals surface area contributed by atoms with E-state index in [-0.39, 0.29) is 28.0 Å². The minimum atomic E-state index is -4.33. The van der Waals surface area contributed by atoms with Gasteiger partial charge in [-0.3, -0.25) is 4.79 Å². The molecule has 4 nitrogen and oxygen atoms in total. The molecule has 6 heteroatoms. The first-order valence-electron chi connectivity index (χ1n) is 12.9. The summed E-state index contributed by atoms with van der Waals surface area (Å²) in [5.41, 5.74) is 0.174. The lowest BCUT2D eigenvalue weighted by atomic mass is 9.70. The number of hydrogen-bond acceptors (Lipinski definition) is 4. The normalized spacial score (nSPS) is 22.2. The largest absolute Gasteiger partial charge is 0.748 e. The van der Waals surface area contributed by atoms with Crippen LogP contribution in [0, 0.1) is 16.7 Å². The summed E-state index contributed by atoms with van der Waals surface area (Å²) < 4.78 is 32.7. The maximum atomic E-state index is 11.8. The predicted octanol–water partition coefficient (Wildman–Crippen LogP) is 6.83. The lowest BCUT2D eigenvalue weighted by Gasteiger charge is -2.37. The Morgan fingerprint density at radius 2 is 1.35 bits per heavy atom. The Morgan fingerprint density at radius 1 is 0.865 bits per heavy atom. The third kappa shape index (κ3) is 5.71. The average Bonchev–Trinajstić information content (AvgIpc) is 3.20. The van der Waals surface area contributed by atoms with Gasteiger partial charge in [-0.15, -0.1) is 0 Å². The third-order valence-corrected chi connectivity index (χ3v) is 11.4. The monoisotopic (exact) mass is 536 g/mol. The van der Waals surface area contributed by atoms with Gasteiger partial charge in [-0.05, 0) is 72.1 Å². The van der Waals surface area contributed by atoms with E-state index in [1.165, 1.54) is 20.2 Å². The number of hydrogen-bond donors (Lipinski definition) is 0. The number of carbonyl (C=O) groups excluding carboxylic acids is 1. The zero-order chi connectivity index (χ0) is 26.8. The second-order valence-corrected chi connectivity index (χ2v) is 14.5. The van der Waals surface area contributed by atoms with Gasteiger partial charge in [0.05, 0.1) is 26.8 Å². The molecule has 0 heterocycles. The summed E-state index contributed by atoms with van der Waals surface area (Å²) in [4.78, 5) is 16.0. The fraction of sp³-hybridized carbons (Fsp3) is 0.387. The topological polar surface area (TPSA) is 74.3 Å². The van der Waals surface area contributed by atoms with Gasteiger partial charge in [0.2, 0.25) is 0 Å². The van der Waals surface area contributed by atoms with E-state index in [4.69, 9.17) is 0 Å². The molecular weight excluding hydrogens is 500 g/mol. The molecule has 2 unspecified atom stereocenters. The van der Waals surface area contributed by atoms with Crippen molar-refractivity contribution in [1.29, 1.82) is 0 Å². The van der Waals surface area contributed by atoms with E-state index in [0.717, 1.165) is 6.42 Å². The average molecular weight is 537 g/mol. The summed E-state index contributed by atoms with van der Waals surface area (Å²) in [6.07, 6.45) is 1.88. The van der Waals surface area contributed by atoms with E-state index in [2.05, 4.69) is 98.8 Å². The van der Waals surface area contributed by atoms with Crippen LogP contribution in [0.5, 0.6) is 0 Å². The van der Waals surface area contributed by atoms with Crippen LogP contribution in [-0.2, 0) is 25.8 Å². The lowest BCUT2D eigenvalue weighted by molar-refractivity contribution is -0.128. The minimum absolute atomic E-state index is 0.0248. The van der Waals surface area contributed by atoms with E-state index in [1.807, 2.05) is 13.8 Å². The van der Waals surface area contributed by atoms with Crippen molar-refractivity contribution in [1.82, 2.24) is 0 Å². The van der Waals surface area contributed by atoms with Gasteiger partial charge in [0.1, 0.15) is 5.78 Å². The Labute approximate surface area is 224 Å². The van der Waals surface area contributed by atoms with E-state index in [0.29, 0.717) is 18.8 Å². The number of carbonyl (C=O) groups is 1. The zero-order valence-corrected chi connectivity index (χ0v) is 23.6. The molecule has 0 saturated heterocycles. The quantitative estimate of drug-likeness (QED) is 0.256. The summed E-state index contributed by atoms with van der Waals surface area (Å²) in [6, 6.07) is 30.7. The zero-order valence-electron chi connectivity index (χ0n) is 22.0. The standard InChI is InChI=1S/C21H21S.C10H16O4S/c1-17(2)18-13-15-21(16-14-18)22(19-9-5-3-6-10-19)20-11-7-4-8-12-20;1-9(2)7-3-4-10(9,8(11)5-7)6-15(12,13)14/h3-17H,1-2H3;7H,3-6H2,1-2H3,(H,12,13,14)/q+1;/p-1. The Bertz CT molecular complexity index is 1280. The first-order valence-corrected chi connectivity index (χ1v) is 15.7. The van der Waals surface area contributed by atoms with Gasteiger partial charge in [0, 0.05) is 11.8 Å². The maximum Gasteiger partial charge on any atom is 0.166 e. The number of ketones is 1. The molecule has 5 rings (SSSR count).